The van der Waals surface area contributed by atoms with Crippen LogP contribution in [0.3, 0.4) is 0 Å². The molecule has 1 aliphatic rings. The number of nitrogens with zero attached hydrogens (tertiary/aromatic N) is 1. The van der Waals surface area contributed by atoms with Crippen molar-refractivity contribution in [3.05, 3.63) is 0 Å². The van der Waals surface area contributed by atoms with Gasteiger partial charge in [0.25, 0.3) is 0 Å². The lowest BCUT2D eigenvalue weighted by atomic mass is 10.1. The lowest BCUT2D eigenvalue weighted by molar-refractivity contribution is -0.141. The van der Waals surface area contributed by atoms with E-state index in [1.807, 2.05) is 6.92 Å². The van der Waals surface area contributed by atoms with Crippen molar-refractivity contribution in [1.29, 1.82) is 0 Å². The third-order valence-electron chi connectivity index (χ3n) is 3.49. The summed E-state index contributed by atoms with van der Waals surface area (Å²) in [6.45, 7) is 5.75. The fourth-order valence-electron chi connectivity index (χ4n) is 2.08. The topological polar surface area (TPSA) is 69.6 Å². The van der Waals surface area contributed by atoms with Gasteiger partial charge in [-0.05, 0) is 18.8 Å². The van der Waals surface area contributed by atoms with Crippen molar-refractivity contribution in [3.8, 4) is 0 Å². The molecule has 1 rings (SSSR count). The Balaban J connectivity index is 2.32. The van der Waals surface area contributed by atoms with Gasteiger partial charge in [0.05, 0.1) is 5.92 Å². The number of carbonyl (C=O) groups is 2. The maximum Gasteiger partial charge on any atom is 0.317 e. The van der Waals surface area contributed by atoms with Crippen LogP contribution < -0.4 is 5.32 Å². The van der Waals surface area contributed by atoms with Crippen LogP contribution >= 0.6 is 0 Å². The van der Waals surface area contributed by atoms with Gasteiger partial charge >= 0.3 is 12.0 Å². The molecule has 98 valence electrons. The van der Waals surface area contributed by atoms with Crippen molar-refractivity contribution < 1.29 is 14.7 Å². The van der Waals surface area contributed by atoms with Crippen LogP contribution in [-0.4, -0.2) is 41.6 Å². The minimum atomic E-state index is -0.847. The van der Waals surface area contributed by atoms with Crippen LogP contribution in [0.1, 0.15) is 33.1 Å². The number of amides is 2. The molecule has 0 bridgehead atoms. The predicted molar refractivity (Wildman–Crippen MR) is 64.8 cm³/mol. The summed E-state index contributed by atoms with van der Waals surface area (Å²) < 4.78 is 0. The van der Waals surface area contributed by atoms with Gasteiger partial charge in [-0.2, -0.15) is 0 Å². The molecule has 1 fully saturated rings. The molecule has 2 N–H and O–H groups in total. The Hall–Kier alpha value is -1.26. The third-order valence-corrected chi connectivity index (χ3v) is 3.49. The Labute approximate surface area is 102 Å². The quantitative estimate of drug-likeness (QED) is 0.768. The van der Waals surface area contributed by atoms with Gasteiger partial charge in [-0.3, -0.25) is 4.79 Å². The molecular formula is C12H22N2O3. The average molecular weight is 242 g/mol. The first-order valence-corrected chi connectivity index (χ1v) is 6.34. The molecule has 0 aliphatic carbocycles. The van der Waals surface area contributed by atoms with E-state index in [1.165, 1.54) is 0 Å². The van der Waals surface area contributed by atoms with E-state index < -0.39 is 11.9 Å². The first kappa shape index (κ1) is 13.8. The Morgan fingerprint density at radius 1 is 1.47 bits per heavy atom. The zero-order valence-electron chi connectivity index (χ0n) is 10.6. The SMILES string of the molecule is CCC1CCN(C(=O)NCC(CC)C(=O)O)C1. The molecule has 1 saturated heterocycles. The molecule has 5 heteroatoms. The number of aliphatic carboxylic acids is 1. The number of carboxylic acid groups (broad SMARTS) is 1. The van der Waals surface area contributed by atoms with Gasteiger partial charge in [0.1, 0.15) is 0 Å². The second-order valence-corrected chi connectivity index (χ2v) is 4.64. The lowest BCUT2D eigenvalue weighted by Gasteiger charge is -2.18. The summed E-state index contributed by atoms with van der Waals surface area (Å²) in [6.07, 6.45) is 2.68. The van der Waals surface area contributed by atoms with Crippen LogP contribution in [0, 0.1) is 11.8 Å². The van der Waals surface area contributed by atoms with Gasteiger partial charge in [-0.25, -0.2) is 4.79 Å². The first-order chi connectivity index (χ1) is 8.08. The summed E-state index contributed by atoms with van der Waals surface area (Å²) in [6, 6.07) is -0.124. The molecule has 0 saturated carbocycles. The summed E-state index contributed by atoms with van der Waals surface area (Å²) in [5.74, 6) is -0.730. The zero-order valence-corrected chi connectivity index (χ0v) is 10.6. The van der Waals surface area contributed by atoms with Crippen LogP contribution in [0.5, 0.6) is 0 Å². The summed E-state index contributed by atoms with van der Waals surface area (Å²) in [4.78, 5) is 24.3. The van der Waals surface area contributed by atoms with E-state index in [9.17, 15) is 9.59 Å². The minimum Gasteiger partial charge on any atom is -0.481 e. The fourth-order valence-corrected chi connectivity index (χ4v) is 2.08. The number of carbonyl (C=O) groups excluding carboxylic acids is 1. The molecule has 0 aromatic heterocycles. The van der Waals surface area contributed by atoms with Gasteiger partial charge in [-0.1, -0.05) is 20.3 Å². The number of rotatable bonds is 5. The van der Waals surface area contributed by atoms with Crippen molar-refractivity contribution in [2.75, 3.05) is 19.6 Å². The average Bonchev–Trinajstić information content (AvgIpc) is 2.77. The zero-order chi connectivity index (χ0) is 12.8. The number of likely N-dealkylation sites (tertiary alicyclic amines) is 1. The van der Waals surface area contributed by atoms with Gasteiger partial charge in [0, 0.05) is 19.6 Å². The first-order valence-electron chi connectivity index (χ1n) is 6.34. The van der Waals surface area contributed by atoms with Crippen molar-refractivity contribution >= 4 is 12.0 Å². The van der Waals surface area contributed by atoms with Gasteiger partial charge in [-0.15, -0.1) is 0 Å². The van der Waals surface area contributed by atoms with E-state index in [2.05, 4.69) is 12.2 Å². The second kappa shape index (κ2) is 6.47. The number of carboxylic acids is 1. The number of nitrogens with one attached hydrogen (secondary N) is 1. The van der Waals surface area contributed by atoms with E-state index in [0.29, 0.717) is 12.3 Å². The molecule has 0 spiro atoms. The van der Waals surface area contributed by atoms with E-state index in [4.69, 9.17) is 5.11 Å². The smallest absolute Gasteiger partial charge is 0.317 e. The Morgan fingerprint density at radius 3 is 2.65 bits per heavy atom. The molecule has 0 aromatic rings. The van der Waals surface area contributed by atoms with Crippen molar-refractivity contribution in [2.24, 2.45) is 11.8 Å². The van der Waals surface area contributed by atoms with E-state index >= 15 is 0 Å². The van der Waals surface area contributed by atoms with Gasteiger partial charge < -0.3 is 15.3 Å². The molecule has 17 heavy (non-hydrogen) atoms. The van der Waals surface area contributed by atoms with E-state index in [1.54, 1.807) is 4.90 Å². The Bertz CT molecular complexity index is 281. The van der Waals surface area contributed by atoms with Crippen LogP contribution in [-0.2, 0) is 4.79 Å². The highest BCUT2D eigenvalue weighted by Gasteiger charge is 2.25. The maximum atomic E-state index is 11.8. The molecule has 5 nitrogen and oxygen atoms in total. The second-order valence-electron chi connectivity index (χ2n) is 4.64. The standard InChI is InChI=1S/C12H22N2O3/c1-3-9-5-6-14(8-9)12(17)13-7-10(4-2)11(15)16/h9-10H,3-8H2,1-2H3,(H,13,17)(H,15,16). The summed E-state index contributed by atoms with van der Waals surface area (Å²) >= 11 is 0. The highest BCUT2D eigenvalue weighted by Crippen LogP contribution is 2.18. The fraction of sp³-hybridized carbons (Fsp3) is 0.833. The molecular weight excluding hydrogens is 220 g/mol. The van der Waals surface area contributed by atoms with Crippen LogP contribution in [0.15, 0.2) is 0 Å². The predicted octanol–water partition coefficient (Wildman–Crippen LogP) is 1.54. The van der Waals surface area contributed by atoms with E-state index in [-0.39, 0.29) is 12.6 Å². The lowest BCUT2D eigenvalue weighted by Crippen LogP contribution is -2.41. The van der Waals surface area contributed by atoms with Crippen LogP contribution in [0.25, 0.3) is 0 Å². The number of hydrogen-bond donors (Lipinski definition) is 2. The Morgan fingerprint density at radius 2 is 2.18 bits per heavy atom. The van der Waals surface area contributed by atoms with Gasteiger partial charge in [0.2, 0.25) is 0 Å². The minimum absolute atomic E-state index is 0.124. The molecule has 0 aromatic carbocycles. The van der Waals surface area contributed by atoms with Crippen LogP contribution in [0.2, 0.25) is 0 Å². The third kappa shape index (κ3) is 3.91. The molecule has 0 radical (unpaired) electrons. The molecule has 1 aliphatic heterocycles. The van der Waals surface area contributed by atoms with Gasteiger partial charge in [0.15, 0.2) is 0 Å². The van der Waals surface area contributed by atoms with Crippen LogP contribution in [0.4, 0.5) is 4.79 Å². The normalized spacial score (nSPS) is 21.3. The monoisotopic (exact) mass is 242 g/mol. The molecule has 2 amide bonds. The summed E-state index contributed by atoms with van der Waals surface area (Å²) in [5.41, 5.74) is 0. The molecule has 1 heterocycles. The number of hydrogen-bond acceptors (Lipinski definition) is 2. The Kier molecular flexibility index (Phi) is 5.25. The summed E-state index contributed by atoms with van der Waals surface area (Å²) in [7, 11) is 0. The molecule has 2 unspecified atom stereocenters. The highest BCUT2D eigenvalue weighted by atomic mass is 16.4. The van der Waals surface area contributed by atoms with E-state index in [0.717, 1.165) is 25.9 Å². The largest absolute Gasteiger partial charge is 0.481 e. The van der Waals surface area contributed by atoms with Crippen molar-refractivity contribution in [2.45, 2.75) is 33.1 Å². The summed E-state index contributed by atoms with van der Waals surface area (Å²) in [5, 5.41) is 11.6. The highest BCUT2D eigenvalue weighted by molar-refractivity contribution is 5.76. The number of urea groups is 1. The maximum absolute atomic E-state index is 11.8. The van der Waals surface area contributed by atoms with Crippen molar-refractivity contribution in [3.63, 3.8) is 0 Å². The molecule has 2 atom stereocenters. The van der Waals surface area contributed by atoms with Crippen molar-refractivity contribution in [1.82, 2.24) is 10.2 Å².